The molecule has 28 heavy (non-hydrogen) atoms. The molecule has 1 saturated carbocycles. The first-order valence-corrected chi connectivity index (χ1v) is 9.81. The molecule has 2 aromatic heterocycles. The Morgan fingerprint density at radius 2 is 2.00 bits per heavy atom. The number of aryl methyl sites for hydroxylation is 1. The standard InChI is InChI=1S/C21H26N6O/c1-26(2)17-8-6-14(7-9-17)20(28)11-21-22-12-16-5-4-15(10-18(16)23-21)19-13-27(3)25-24-19/h4-5,10,12-14,17H,6-9,11H2,1-3H3. The molecule has 1 aliphatic rings. The molecule has 0 N–H and O–H groups in total. The minimum Gasteiger partial charge on any atom is -0.306 e. The number of Topliss-reactive ketones (excluding diaryl/α,β-unsaturated/α-hetero) is 1. The normalized spacial score (nSPS) is 20.0. The Bertz CT molecular complexity index is 987. The van der Waals surface area contributed by atoms with Crippen LogP contribution in [0.2, 0.25) is 0 Å². The zero-order valence-electron chi connectivity index (χ0n) is 16.7. The Morgan fingerprint density at radius 1 is 1.21 bits per heavy atom. The van der Waals surface area contributed by atoms with Crippen molar-refractivity contribution in [1.82, 2.24) is 29.9 Å². The Hall–Kier alpha value is -2.67. The van der Waals surface area contributed by atoms with Crippen LogP contribution in [0.5, 0.6) is 0 Å². The van der Waals surface area contributed by atoms with Crippen molar-refractivity contribution in [3.63, 3.8) is 0 Å². The fraction of sp³-hybridized carbons (Fsp3) is 0.476. The lowest BCUT2D eigenvalue weighted by atomic mass is 9.82. The molecule has 1 aromatic carbocycles. The second-order valence-electron chi connectivity index (χ2n) is 7.95. The summed E-state index contributed by atoms with van der Waals surface area (Å²) in [6.45, 7) is 0. The molecular weight excluding hydrogens is 352 g/mol. The van der Waals surface area contributed by atoms with Crippen LogP contribution in [0.3, 0.4) is 0 Å². The van der Waals surface area contributed by atoms with Gasteiger partial charge in [0.1, 0.15) is 17.3 Å². The lowest BCUT2D eigenvalue weighted by molar-refractivity contribution is -0.123. The van der Waals surface area contributed by atoms with E-state index in [9.17, 15) is 4.79 Å². The first-order chi connectivity index (χ1) is 13.5. The topological polar surface area (TPSA) is 76.8 Å². The average Bonchev–Trinajstić information content (AvgIpc) is 3.14. The molecule has 7 nitrogen and oxygen atoms in total. The molecule has 0 spiro atoms. The van der Waals surface area contributed by atoms with Crippen LogP contribution in [0.15, 0.2) is 30.6 Å². The fourth-order valence-corrected chi connectivity index (χ4v) is 4.00. The Balaban J connectivity index is 1.49. The van der Waals surface area contributed by atoms with Gasteiger partial charge in [0.05, 0.1) is 18.1 Å². The van der Waals surface area contributed by atoms with Crippen molar-refractivity contribution in [1.29, 1.82) is 0 Å². The highest BCUT2D eigenvalue weighted by molar-refractivity contribution is 5.85. The molecule has 0 atom stereocenters. The predicted octanol–water partition coefficient (Wildman–Crippen LogP) is 2.66. The molecule has 0 radical (unpaired) electrons. The van der Waals surface area contributed by atoms with Crippen LogP contribution in [-0.4, -0.2) is 55.8 Å². The summed E-state index contributed by atoms with van der Waals surface area (Å²) in [6, 6.07) is 6.55. The minimum absolute atomic E-state index is 0.140. The van der Waals surface area contributed by atoms with Gasteiger partial charge in [-0.1, -0.05) is 17.3 Å². The monoisotopic (exact) mass is 378 g/mol. The van der Waals surface area contributed by atoms with Crippen molar-refractivity contribution >= 4 is 16.7 Å². The number of fused-ring (bicyclic) bond motifs is 1. The summed E-state index contributed by atoms with van der Waals surface area (Å²) in [5, 5.41) is 9.09. The molecule has 0 bridgehead atoms. The van der Waals surface area contributed by atoms with Crippen molar-refractivity contribution in [2.75, 3.05) is 14.1 Å². The van der Waals surface area contributed by atoms with Gasteiger partial charge in [-0.2, -0.15) is 0 Å². The zero-order valence-corrected chi connectivity index (χ0v) is 16.7. The quantitative estimate of drug-likeness (QED) is 0.679. The second kappa shape index (κ2) is 7.75. The summed E-state index contributed by atoms with van der Waals surface area (Å²) in [4.78, 5) is 24.1. The minimum atomic E-state index is 0.140. The highest BCUT2D eigenvalue weighted by Crippen LogP contribution is 2.28. The van der Waals surface area contributed by atoms with Gasteiger partial charge >= 0.3 is 0 Å². The molecule has 3 aromatic rings. The number of hydrogen-bond acceptors (Lipinski definition) is 6. The van der Waals surface area contributed by atoms with E-state index in [-0.39, 0.29) is 11.7 Å². The molecule has 146 valence electrons. The molecule has 7 heteroatoms. The van der Waals surface area contributed by atoms with Crippen LogP contribution in [0.25, 0.3) is 22.2 Å². The highest BCUT2D eigenvalue weighted by Gasteiger charge is 2.27. The van der Waals surface area contributed by atoms with Gasteiger partial charge in [-0.05, 0) is 45.8 Å². The van der Waals surface area contributed by atoms with Crippen LogP contribution in [-0.2, 0) is 18.3 Å². The van der Waals surface area contributed by atoms with Crippen LogP contribution in [0.1, 0.15) is 31.5 Å². The van der Waals surface area contributed by atoms with Crippen molar-refractivity contribution < 1.29 is 4.79 Å². The van der Waals surface area contributed by atoms with Gasteiger partial charge in [-0.3, -0.25) is 9.48 Å². The van der Waals surface area contributed by atoms with Crippen LogP contribution in [0, 0.1) is 5.92 Å². The third-order valence-corrected chi connectivity index (χ3v) is 5.75. The maximum absolute atomic E-state index is 12.8. The van der Waals surface area contributed by atoms with Crippen LogP contribution < -0.4 is 0 Å². The number of aromatic nitrogens is 5. The first kappa shape index (κ1) is 18.7. The lowest BCUT2D eigenvalue weighted by Gasteiger charge is -2.31. The van der Waals surface area contributed by atoms with Crippen molar-refractivity contribution in [2.24, 2.45) is 13.0 Å². The van der Waals surface area contributed by atoms with E-state index in [1.54, 1.807) is 10.9 Å². The molecule has 2 heterocycles. The maximum Gasteiger partial charge on any atom is 0.143 e. The molecule has 0 amide bonds. The van der Waals surface area contributed by atoms with Crippen LogP contribution in [0.4, 0.5) is 0 Å². The molecule has 1 fully saturated rings. The van der Waals surface area contributed by atoms with Gasteiger partial charge in [0, 0.05) is 36.2 Å². The Morgan fingerprint density at radius 3 is 2.68 bits per heavy atom. The fourth-order valence-electron chi connectivity index (χ4n) is 4.00. The van der Waals surface area contributed by atoms with Gasteiger partial charge < -0.3 is 4.90 Å². The number of benzene rings is 1. The van der Waals surface area contributed by atoms with E-state index in [1.807, 2.05) is 31.4 Å². The molecule has 0 unspecified atom stereocenters. The van der Waals surface area contributed by atoms with Crippen molar-refractivity contribution in [3.8, 4) is 11.3 Å². The molecule has 4 rings (SSSR count). The van der Waals surface area contributed by atoms with E-state index in [4.69, 9.17) is 0 Å². The summed E-state index contributed by atoms with van der Waals surface area (Å²) in [5.74, 6) is 1.01. The van der Waals surface area contributed by atoms with Gasteiger partial charge in [0.25, 0.3) is 0 Å². The average molecular weight is 378 g/mol. The lowest BCUT2D eigenvalue weighted by Crippen LogP contribution is -2.34. The number of nitrogens with zero attached hydrogens (tertiary/aromatic N) is 6. The summed E-state index contributed by atoms with van der Waals surface area (Å²) in [6.07, 6.45) is 8.08. The van der Waals surface area contributed by atoms with E-state index >= 15 is 0 Å². The largest absolute Gasteiger partial charge is 0.306 e. The van der Waals surface area contributed by atoms with E-state index in [1.165, 1.54) is 0 Å². The van der Waals surface area contributed by atoms with E-state index in [0.717, 1.165) is 47.8 Å². The van der Waals surface area contributed by atoms with Gasteiger partial charge in [0.15, 0.2) is 0 Å². The first-order valence-electron chi connectivity index (χ1n) is 9.81. The number of carbonyl (C=O) groups is 1. The predicted molar refractivity (Wildman–Crippen MR) is 108 cm³/mol. The highest BCUT2D eigenvalue weighted by atomic mass is 16.1. The van der Waals surface area contributed by atoms with E-state index < -0.39 is 0 Å². The third-order valence-electron chi connectivity index (χ3n) is 5.75. The van der Waals surface area contributed by atoms with Gasteiger partial charge in [-0.25, -0.2) is 9.97 Å². The number of ketones is 1. The van der Waals surface area contributed by atoms with E-state index in [2.05, 4.69) is 39.3 Å². The summed E-state index contributed by atoms with van der Waals surface area (Å²) in [5.41, 5.74) is 2.59. The van der Waals surface area contributed by atoms with Crippen molar-refractivity contribution in [3.05, 3.63) is 36.4 Å². The molecular formula is C21H26N6O. The smallest absolute Gasteiger partial charge is 0.143 e. The van der Waals surface area contributed by atoms with Crippen molar-refractivity contribution in [2.45, 2.75) is 38.1 Å². The summed E-state index contributed by atoms with van der Waals surface area (Å²) in [7, 11) is 6.07. The Kier molecular flexibility index (Phi) is 5.17. The molecule has 0 saturated heterocycles. The Labute approximate surface area is 164 Å². The maximum atomic E-state index is 12.8. The second-order valence-corrected chi connectivity index (χ2v) is 7.95. The number of hydrogen-bond donors (Lipinski definition) is 0. The molecule has 1 aliphatic carbocycles. The molecule has 0 aliphatic heterocycles. The SMILES string of the molecule is CN(C)C1CCC(C(=O)Cc2ncc3ccc(-c4cn(C)nn4)cc3n2)CC1. The van der Waals surface area contributed by atoms with Crippen LogP contribution >= 0.6 is 0 Å². The number of rotatable bonds is 5. The zero-order chi connectivity index (χ0) is 19.7. The van der Waals surface area contributed by atoms with E-state index in [0.29, 0.717) is 18.3 Å². The summed E-state index contributed by atoms with van der Waals surface area (Å²) >= 11 is 0. The van der Waals surface area contributed by atoms with Gasteiger partial charge in [0.2, 0.25) is 0 Å². The number of carbonyl (C=O) groups excluding carboxylic acids is 1. The summed E-state index contributed by atoms with van der Waals surface area (Å²) < 4.78 is 1.68. The third kappa shape index (κ3) is 3.94. The van der Waals surface area contributed by atoms with Gasteiger partial charge in [-0.15, -0.1) is 5.10 Å².